The lowest BCUT2D eigenvalue weighted by Crippen LogP contribution is -2.32. The van der Waals surface area contributed by atoms with Crippen LogP contribution in [0.25, 0.3) is 6.08 Å². The van der Waals surface area contributed by atoms with Crippen molar-refractivity contribution in [3.05, 3.63) is 52.5 Å². The van der Waals surface area contributed by atoms with Crippen LogP contribution in [-0.4, -0.2) is 36.4 Å². The molecule has 0 aliphatic heterocycles. The van der Waals surface area contributed by atoms with Crippen molar-refractivity contribution in [2.45, 2.75) is 6.42 Å². The third kappa shape index (κ3) is 7.16. The Morgan fingerprint density at radius 3 is 2.77 bits per heavy atom. The zero-order valence-electron chi connectivity index (χ0n) is 13.8. The highest BCUT2D eigenvalue weighted by Crippen LogP contribution is 2.21. The van der Waals surface area contributed by atoms with E-state index in [0.29, 0.717) is 34.7 Å². The lowest BCUT2D eigenvalue weighted by Gasteiger charge is -2.09. The van der Waals surface area contributed by atoms with E-state index in [1.807, 2.05) is 0 Å². The van der Waals surface area contributed by atoms with E-state index in [9.17, 15) is 9.59 Å². The van der Waals surface area contributed by atoms with Crippen LogP contribution < -0.4 is 16.0 Å². The number of anilines is 1. The molecule has 0 spiro atoms. The highest BCUT2D eigenvalue weighted by Gasteiger charge is 2.04. The zero-order chi connectivity index (χ0) is 18.8. The van der Waals surface area contributed by atoms with Crippen LogP contribution in [0, 0.1) is 0 Å². The predicted molar refractivity (Wildman–Crippen MR) is 101 cm³/mol. The molecule has 0 aliphatic rings. The van der Waals surface area contributed by atoms with Gasteiger partial charge in [0.1, 0.15) is 11.6 Å². The van der Waals surface area contributed by atoms with Crippen LogP contribution >= 0.6 is 23.2 Å². The number of rotatable bonds is 9. The molecule has 3 N–H and O–H groups in total. The first-order valence-corrected chi connectivity index (χ1v) is 8.61. The fourth-order valence-corrected chi connectivity index (χ4v) is 2.36. The van der Waals surface area contributed by atoms with Gasteiger partial charge in [-0.3, -0.25) is 9.59 Å². The van der Waals surface area contributed by atoms with Gasteiger partial charge < -0.3 is 20.4 Å². The molecule has 2 heterocycles. The van der Waals surface area contributed by atoms with Gasteiger partial charge in [-0.05, 0) is 24.3 Å². The van der Waals surface area contributed by atoms with E-state index >= 15 is 0 Å². The Labute approximate surface area is 160 Å². The minimum atomic E-state index is -0.292. The number of halogens is 2. The maximum atomic E-state index is 11.7. The number of carbonyl (C=O) groups excluding carboxylic acids is 2. The number of furan rings is 1. The molecule has 0 aliphatic carbocycles. The van der Waals surface area contributed by atoms with Crippen LogP contribution in [-0.2, 0) is 9.59 Å². The fourth-order valence-electron chi connectivity index (χ4n) is 1.92. The SMILES string of the molecule is O=C(/C=C/c1ccco1)NCCC(=O)NCCNc1ncc(Cl)cc1Cl. The molecule has 2 aromatic heterocycles. The average Bonchev–Trinajstić information content (AvgIpc) is 3.12. The van der Waals surface area contributed by atoms with Gasteiger partial charge in [-0.1, -0.05) is 23.2 Å². The molecular formula is C17H18Cl2N4O3. The monoisotopic (exact) mass is 396 g/mol. The number of aromatic nitrogens is 1. The van der Waals surface area contributed by atoms with Crippen molar-refractivity contribution in [3.63, 3.8) is 0 Å². The molecule has 0 atom stereocenters. The normalized spacial score (nSPS) is 10.7. The number of nitrogens with one attached hydrogen (secondary N) is 3. The minimum absolute atomic E-state index is 0.169. The second-order valence-corrected chi connectivity index (χ2v) is 5.99. The van der Waals surface area contributed by atoms with E-state index < -0.39 is 0 Å². The Kier molecular flexibility index (Phi) is 7.98. The lowest BCUT2D eigenvalue weighted by atomic mass is 10.3. The predicted octanol–water partition coefficient (Wildman–Crippen LogP) is 2.73. The molecule has 7 nitrogen and oxygen atoms in total. The quantitative estimate of drug-likeness (QED) is 0.447. The molecule has 0 unspecified atom stereocenters. The van der Waals surface area contributed by atoms with Gasteiger partial charge in [0.25, 0.3) is 0 Å². The number of carbonyl (C=O) groups is 2. The van der Waals surface area contributed by atoms with Crippen molar-refractivity contribution in [2.75, 3.05) is 25.0 Å². The van der Waals surface area contributed by atoms with E-state index in [1.54, 1.807) is 24.3 Å². The number of amides is 2. The molecule has 2 rings (SSSR count). The van der Waals surface area contributed by atoms with E-state index in [-0.39, 0.29) is 24.8 Å². The summed E-state index contributed by atoms with van der Waals surface area (Å²) in [5, 5.41) is 9.21. The maximum Gasteiger partial charge on any atom is 0.244 e. The maximum absolute atomic E-state index is 11.7. The van der Waals surface area contributed by atoms with Gasteiger partial charge in [0.2, 0.25) is 11.8 Å². The Hall–Kier alpha value is -2.51. The Bertz CT molecular complexity index is 763. The van der Waals surface area contributed by atoms with Crippen molar-refractivity contribution in [1.82, 2.24) is 15.6 Å². The van der Waals surface area contributed by atoms with Gasteiger partial charge in [0.05, 0.1) is 16.3 Å². The molecule has 138 valence electrons. The van der Waals surface area contributed by atoms with E-state index in [4.69, 9.17) is 27.6 Å². The first-order valence-electron chi connectivity index (χ1n) is 7.85. The molecule has 0 bridgehead atoms. The molecule has 0 fully saturated rings. The second kappa shape index (κ2) is 10.5. The standard InChI is InChI=1S/C17H18Cl2N4O3/c18-12-10-14(19)17(23-11-12)22-8-7-21-16(25)5-6-20-15(24)4-3-13-2-1-9-26-13/h1-4,9-11H,5-8H2,(H,20,24)(H,21,25)(H,22,23)/b4-3+. The molecule has 0 saturated carbocycles. The van der Waals surface area contributed by atoms with Crippen LogP contribution in [0.5, 0.6) is 0 Å². The van der Waals surface area contributed by atoms with E-state index in [0.717, 1.165) is 0 Å². The highest BCUT2D eigenvalue weighted by molar-refractivity contribution is 6.35. The van der Waals surface area contributed by atoms with Crippen LogP contribution in [0.3, 0.4) is 0 Å². The first kappa shape index (κ1) is 19.8. The topological polar surface area (TPSA) is 96.3 Å². The molecule has 0 radical (unpaired) electrons. The first-order chi connectivity index (χ1) is 12.5. The molecule has 2 amide bonds. The third-order valence-corrected chi connectivity index (χ3v) is 3.64. The fraction of sp³-hybridized carbons (Fsp3) is 0.235. The summed E-state index contributed by atoms with van der Waals surface area (Å²) >= 11 is 11.7. The van der Waals surface area contributed by atoms with Gasteiger partial charge >= 0.3 is 0 Å². The summed E-state index contributed by atoms with van der Waals surface area (Å²) in [5.74, 6) is 0.623. The summed E-state index contributed by atoms with van der Waals surface area (Å²) in [4.78, 5) is 27.3. The molecule has 0 saturated heterocycles. The Morgan fingerprint density at radius 1 is 1.19 bits per heavy atom. The van der Waals surface area contributed by atoms with Gasteiger partial charge in [-0.15, -0.1) is 0 Å². The van der Waals surface area contributed by atoms with Crippen LogP contribution in [0.4, 0.5) is 5.82 Å². The Balaban J connectivity index is 1.56. The molecule has 26 heavy (non-hydrogen) atoms. The third-order valence-electron chi connectivity index (χ3n) is 3.14. The largest absolute Gasteiger partial charge is 0.465 e. The van der Waals surface area contributed by atoms with E-state index in [1.165, 1.54) is 18.5 Å². The summed E-state index contributed by atoms with van der Waals surface area (Å²) in [6, 6.07) is 5.05. The summed E-state index contributed by atoms with van der Waals surface area (Å²) in [5.41, 5.74) is 0. The summed E-state index contributed by atoms with van der Waals surface area (Å²) in [6.45, 7) is 1.09. The Morgan fingerprint density at radius 2 is 2.04 bits per heavy atom. The van der Waals surface area contributed by atoms with Gasteiger partial charge in [0, 0.05) is 38.3 Å². The summed E-state index contributed by atoms with van der Waals surface area (Å²) < 4.78 is 5.07. The molecule has 9 heteroatoms. The van der Waals surface area contributed by atoms with Crippen molar-refractivity contribution in [2.24, 2.45) is 0 Å². The number of hydrogen-bond donors (Lipinski definition) is 3. The van der Waals surface area contributed by atoms with Gasteiger partial charge in [-0.25, -0.2) is 4.98 Å². The highest BCUT2D eigenvalue weighted by atomic mass is 35.5. The van der Waals surface area contributed by atoms with Crippen molar-refractivity contribution >= 4 is 46.9 Å². The van der Waals surface area contributed by atoms with Crippen molar-refractivity contribution in [1.29, 1.82) is 0 Å². The minimum Gasteiger partial charge on any atom is -0.465 e. The van der Waals surface area contributed by atoms with Crippen LogP contribution in [0.1, 0.15) is 12.2 Å². The van der Waals surface area contributed by atoms with E-state index in [2.05, 4.69) is 20.9 Å². The van der Waals surface area contributed by atoms with Crippen molar-refractivity contribution < 1.29 is 14.0 Å². The van der Waals surface area contributed by atoms with Crippen LogP contribution in [0.2, 0.25) is 10.0 Å². The summed E-state index contributed by atoms with van der Waals surface area (Å²) in [6.07, 6.45) is 6.09. The smallest absolute Gasteiger partial charge is 0.244 e. The molecule has 0 aromatic carbocycles. The lowest BCUT2D eigenvalue weighted by molar-refractivity contribution is -0.121. The van der Waals surface area contributed by atoms with Crippen LogP contribution in [0.15, 0.2) is 41.2 Å². The molecular weight excluding hydrogens is 379 g/mol. The van der Waals surface area contributed by atoms with Crippen molar-refractivity contribution in [3.8, 4) is 0 Å². The number of pyridine rings is 1. The number of nitrogens with zero attached hydrogens (tertiary/aromatic N) is 1. The van der Waals surface area contributed by atoms with Gasteiger partial charge in [-0.2, -0.15) is 0 Å². The zero-order valence-corrected chi connectivity index (χ0v) is 15.3. The number of hydrogen-bond acceptors (Lipinski definition) is 5. The van der Waals surface area contributed by atoms with Gasteiger partial charge in [0.15, 0.2) is 0 Å². The summed E-state index contributed by atoms with van der Waals surface area (Å²) in [7, 11) is 0. The average molecular weight is 397 g/mol. The second-order valence-electron chi connectivity index (χ2n) is 5.15. The molecule has 2 aromatic rings.